The lowest BCUT2D eigenvalue weighted by atomic mass is 9.76. The summed E-state index contributed by atoms with van der Waals surface area (Å²) >= 11 is 3.54. The van der Waals surface area contributed by atoms with Crippen molar-refractivity contribution in [1.82, 2.24) is 0 Å². The smallest absolute Gasteiger partial charge is 0.123 e. The quantitative estimate of drug-likeness (QED) is 0.359. The van der Waals surface area contributed by atoms with Crippen molar-refractivity contribution in [3.63, 3.8) is 0 Å². The van der Waals surface area contributed by atoms with Crippen molar-refractivity contribution in [2.24, 2.45) is 0 Å². The van der Waals surface area contributed by atoms with Crippen molar-refractivity contribution >= 4 is 15.9 Å². The number of aryl methyl sites for hydroxylation is 2. The van der Waals surface area contributed by atoms with Crippen molar-refractivity contribution in [2.75, 3.05) is 0 Å². The fourth-order valence-corrected chi connectivity index (χ4v) is 4.64. The summed E-state index contributed by atoms with van der Waals surface area (Å²) < 4.78 is 0.993. The van der Waals surface area contributed by atoms with E-state index < -0.39 is 0 Å². The Morgan fingerprint density at radius 1 is 0.656 bits per heavy atom. The molecule has 0 bridgehead atoms. The van der Waals surface area contributed by atoms with E-state index in [0.29, 0.717) is 11.5 Å². The Balaban J connectivity index is 2.41. The van der Waals surface area contributed by atoms with Crippen LogP contribution in [0.5, 0.6) is 11.5 Å². The topological polar surface area (TPSA) is 40.5 Å². The average Bonchev–Trinajstić information content (AvgIpc) is 2.66. The van der Waals surface area contributed by atoms with Crippen LogP contribution in [-0.4, -0.2) is 10.2 Å². The zero-order valence-electron chi connectivity index (χ0n) is 20.5. The summed E-state index contributed by atoms with van der Waals surface area (Å²) in [5.41, 5.74) is 6.25. The van der Waals surface area contributed by atoms with E-state index in [1.807, 2.05) is 12.1 Å². The lowest BCUT2D eigenvalue weighted by molar-refractivity contribution is 0.431. The molecule has 32 heavy (non-hydrogen) atoms. The second-order valence-corrected chi connectivity index (χ2v) is 11.9. The predicted molar refractivity (Wildman–Crippen MR) is 138 cm³/mol. The number of phenolic OH excluding ortho intramolecular Hbond substituents is 2. The third kappa shape index (κ3) is 4.88. The number of rotatable bonds is 3. The highest BCUT2D eigenvalue weighted by molar-refractivity contribution is 9.10. The van der Waals surface area contributed by atoms with Gasteiger partial charge < -0.3 is 10.2 Å². The van der Waals surface area contributed by atoms with Crippen molar-refractivity contribution in [3.8, 4) is 11.5 Å². The molecule has 0 amide bonds. The fraction of sp³-hybridized carbons (Fsp3) is 0.379. The van der Waals surface area contributed by atoms with Gasteiger partial charge >= 0.3 is 0 Å². The molecule has 2 nitrogen and oxygen atoms in total. The number of hydrogen-bond acceptors (Lipinski definition) is 2. The summed E-state index contributed by atoms with van der Waals surface area (Å²) in [5.74, 6) is 0.300. The summed E-state index contributed by atoms with van der Waals surface area (Å²) in [4.78, 5) is 0. The van der Waals surface area contributed by atoms with Gasteiger partial charge in [-0.05, 0) is 53.5 Å². The minimum absolute atomic E-state index is 0.208. The number of benzene rings is 3. The van der Waals surface area contributed by atoms with Crippen LogP contribution in [0, 0.1) is 13.8 Å². The fourth-order valence-electron chi connectivity index (χ4n) is 4.38. The molecule has 0 atom stereocenters. The van der Waals surface area contributed by atoms with Gasteiger partial charge in [-0.3, -0.25) is 0 Å². The van der Waals surface area contributed by atoms with Gasteiger partial charge in [0.25, 0.3) is 0 Å². The SMILES string of the molecule is Cc1cc(C(c2ccc(Br)cc2)c2cc(C)cc(C(C)(C)C)c2O)c(O)c(C(C)(C)C)c1. The molecule has 0 saturated heterocycles. The molecule has 0 heterocycles. The van der Waals surface area contributed by atoms with Gasteiger partial charge in [-0.1, -0.05) is 105 Å². The molecule has 0 spiro atoms. The molecule has 0 unspecified atom stereocenters. The Morgan fingerprint density at radius 3 is 1.38 bits per heavy atom. The van der Waals surface area contributed by atoms with Gasteiger partial charge in [0.2, 0.25) is 0 Å². The molecule has 0 aliphatic heterocycles. The molecule has 2 N–H and O–H groups in total. The molecule has 0 radical (unpaired) electrons. The zero-order chi connectivity index (χ0) is 24.0. The maximum atomic E-state index is 11.5. The van der Waals surface area contributed by atoms with Crippen LogP contribution in [0.15, 0.2) is 53.0 Å². The van der Waals surface area contributed by atoms with E-state index in [4.69, 9.17) is 0 Å². The minimum atomic E-state index is -0.301. The Morgan fingerprint density at radius 2 is 1.03 bits per heavy atom. The van der Waals surface area contributed by atoms with Crippen molar-refractivity contribution in [1.29, 1.82) is 0 Å². The summed E-state index contributed by atoms with van der Waals surface area (Å²) in [6.45, 7) is 16.8. The molecule has 3 aromatic carbocycles. The standard InChI is InChI=1S/C29H35BrO2/c1-17-13-21(26(31)23(15-17)28(3,4)5)25(19-9-11-20(30)12-10-19)22-14-18(2)16-24(27(22)32)29(6,7)8/h9-16,25,31-32H,1-8H3. The van der Waals surface area contributed by atoms with Crippen molar-refractivity contribution in [2.45, 2.75) is 72.1 Å². The van der Waals surface area contributed by atoms with Gasteiger partial charge in [-0.25, -0.2) is 0 Å². The van der Waals surface area contributed by atoms with Gasteiger partial charge in [0, 0.05) is 21.5 Å². The van der Waals surface area contributed by atoms with Crippen molar-refractivity contribution < 1.29 is 10.2 Å². The lowest BCUT2D eigenvalue weighted by Crippen LogP contribution is -2.16. The van der Waals surface area contributed by atoms with Crippen LogP contribution in [0.25, 0.3) is 0 Å². The molecule has 0 fully saturated rings. The Labute approximate surface area is 201 Å². The van der Waals surface area contributed by atoms with Gasteiger partial charge in [0.05, 0.1) is 0 Å². The van der Waals surface area contributed by atoms with Crippen LogP contribution in [0.3, 0.4) is 0 Å². The zero-order valence-corrected chi connectivity index (χ0v) is 22.1. The number of halogens is 1. The summed E-state index contributed by atoms with van der Waals surface area (Å²) in [5, 5.41) is 23.0. The second kappa shape index (κ2) is 8.59. The van der Waals surface area contributed by atoms with E-state index in [1.54, 1.807) is 0 Å². The van der Waals surface area contributed by atoms with Gasteiger partial charge in [0.1, 0.15) is 11.5 Å². The van der Waals surface area contributed by atoms with Crippen LogP contribution in [0.4, 0.5) is 0 Å². The number of phenols is 2. The van der Waals surface area contributed by atoms with Crippen LogP contribution in [-0.2, 0) is 10.8 Å². The first kappa shape index (κ1) is 24.4. The third-order valence-corrected chi connectivity index (χ3v) is 6.54. The van der Waals surface area contributed by atoms with Gasteiger partial charge in [0.15, 0.2) is 0 Å². The summed E-state index contributed by atoms with van der Waals surface area (Å²) in [6.07, 6.45) is 0. The van der Waals surface area contributed by atoms with Crippen molar-refractivity contribution in [3.05, 3.63) is 91.9 Å². The van der Waals surface area contributed by atoms with Crippen LogP contribution in [0.2, 0.25) is 0 Å². The van der Waals surface area contributed by atoms with Crippen LogP contribution in [0.1, 0.15) is 86.4 Å². The first-order valence-electron chi connectivity index (χ1n) is 11.1. The molecule has 3 rings (SSSR count). The number of aromatic hydroxyl groups is 2. The largest absolute Gasteiger partial charge is 0.507 e. The highest BCUT2D eigenvalue weighted by Crippen LogP contribution is 2.47. The second-order valence-electron chi connectivity index (χ2n) is 11.0. The normalized spacial score (nSPS) is 12.4. The van der Waals surface area contributed by atoms with E-state index in [2.05, 4.69) is 108 Å². The summed E-state index contributed by atoms with van der Waals surface area (Å²) in [6, 6.07) is 16.4. The summed E-state index contributed by atoms with van der Waals surface area (Å²) in [7, 11) is 0. The third-order valence-electron chi connectivity index (χ3n) is 6.01. The monoisotopic (exact) mass is 494 g/mol. The molecule has 0 aliphatic rings. The maximum Gasteiger partial charge on any atom is 0.123 e. The van der Waals surface area contributed by atoms with E-state index in [9.17, 15) is 10.2 Å². The minimum Gasteiger partial charge on any atom is -0.507 e. The molecule has 0 aromatic heterocycles. The first-order valence-corrected chi connectivity index (χ1v) is 11.9. The molecule has 170 valence electrons. The lowest BCUT2D eigenvalue weighted by Gasteiger charge is -2.29. The predicted octanol–water partition coefficient (Wildman–Crippen LogP) is 8.25. The van der Waals surface area contributed by atoms with Gasteiger partial charge in [-0.15, -0.1) is 0 Å². The van der Waals surface area contributed by atoms with Gasteiger partial charge in [-0.2, -0.15) is 0 Å². The highest BCUT2D eigenvalue weighted by Gasteiger charge is 2.30. The Hall–Kier alpha value is -2.26. The molecular weight excluding hydrogens is 460 g/mol. The van der Waals surface area contributed by atoms with E-state index in [0.717, 1.165) is 43.4 Å². The van der Waals surface area contributed by atoms with E-state index in [1.165, 1.54) is 0 Å². The molecule has 0 saturated carbocycles. The molecule has 0 aliphatic carbocycles. The molecule has 3 heteroatoms. The highest BCUT2D eigenvalue weighted by atomic mass is 79.9. The van der Waals surface area contributed by atoms with E-state index >= 15 is 0 Å². The molecular formula is C29H35BrO2. The van der Waals surface area contributed by atoms with Crippen LogP contribution < -0.4 is 0 Å². The Kier molecular flexibility index (Phi) is 6.55. The van der Waals surface area contributed by atoms with Crippen LogP contribution >= 0.6 is 15.9 Å². The Bertz CT molecular complexity index is 1060. The average molecular weight is 496 g/mol. The van der Waals surface area contributed by atoms with E-state index in [-0.39, 0.29) is 16.7 Å². The maximum absolute atomic E-state index is 11.5. The number of hydrogen-bond donors (Lipinski definition) is 2. The molecule has 3 aromatic rings. The first-order chi connectivity index (χ1) is 14.7.